The van der Waals surface area contributed by atoms with Crippen LogP contribution in [-0.2, 0) is 36.0 Å². The van der Waals surface area contributed by atoms with E-state index in [1.54, 1.807) is 72.8 Å². The lowest BCUT2D eigenvalue weighted by Gasteiger charge is -2.13. The van der Waals surface area contributed by atoms with Gasteiger partial charge in [-0.15, -0.1) is 0 Å². The smallest absolute Gasteiger partial charge is 0.381 e. The quantitative estimate of drug-likeness (QED) is 0.0680. The monoisotopic (exact) mass is 1120 g/mol. The van der Waals surface area contributed by atoms with Crippen molar-refractivity contribution in [1.29, 1.82) is 0 Å². The molecule has 0 bridgehead atoms. The zero-order valence-electron chi connectivity index (χ0n) is 32.4. The SMILES string of the molecule is O=C(Cc1ccc(NC(=O)C(O)c2ccc(Br)cc2)cc1)C(O)c1ccc(Br)cc1.O=C1Nc2cc3c(cc2C1c1ccc(Br)cc1)NC(=O)C3c1ccc(Br)cc1.O=S(=O)(O)O. The maximum absolute atomic E-state index is 12.7. The molecule has 0 aliphatic carbocycles. The number of carbonyl (C=O) groups excluding carboxylic acids is 4. The summed E-state index contributed by atoms with van der Waals surface area (Å²) in [6.45, 7) is 0. The first-order chi connectivity index (χ1) is 29.8. The number of hydrogen-bond acceptors (Lipinski definition) is 8. The van der Waals surface area contributed by atoms with E-state index in [1.807, 2.05) is 60.7 Å². The Morgan fingerprint density at radius 1 is 0.571 bits per heavy atom. The van der Waals surface area contributed by atoms with Gasteiger partial charge in [-0.3, -0.25) is 28.3 Å². The van der Waals surface area contributed by atoms with Crippen LogP contribution in [0.4, 0.5) is 17.1 Å². The molecule has 7 N–H and O–H groups in total. The highest BCUT2D eigenvalue weighted by Gasteiger charge is 2.38. The summed E-state index contributed by atoms with van der Waals surface area (Å²) in [7, 11) is -4.67. The topological polar surface area (TPSA) is 219 Å². The third-order valence-electron chi connectivity index (χ3n) is 9.82. The van der Waals surface area contributed by atoms with Gasteiger partial charge in [0, 0.05) is 41.4 Å². The fourth-order valence-corrected chi connectivity index (χ4v) is 7.89. The number of halogens is 4. The predicted molar refractivity (Wildman–Crippen MR) is 252 cm³/mol. The highest BCUT2D eigenvalue weighted by atomic mass is 79.9. The van der Waals surface area contributed by atoms with Crippen LogP contribution in [0.1, 0.15) is 63.0 Å². The van der Waals surface area contributed by atoms with Crippen LogP contribution in [-0.4, -0.2) is 51.2 Å². The Morgan fingerprint density at radius 3 is 1.30 bits per heavy atom. The fourth-order valence-electron chi connectivity index (χ4n) is 6.83. The molecule has 0 fully saturated rings. The van der Waals surface area contributed by atoms with Crippen LogP contribution in [0.5, 0.6) is 0 Å². The average molecular weight is 1130 g/mol. The highest BCUT2D eigenvalue weighted by molar-refractivity contribution is 9.11. The summed E-state index contributed by atoms with van der Waals surface area (Å²) in [5.74, 6) is -1.72. The minimum absolute atomic E-state index is 0.0486. The maximum atomic E-state index is 12.7. The number of amides is 3. The van der Waals surface area contributed by atoms with E-state index in [9.17, 15) is 29.4 Å². The van der Waals surface area contributed by atoms with Crippen LogP contribution >= 0.6 is 63.7 Å². The number of nitrogens with one attached hydrogen (secondary N) is 3. The van der Waals surface area contributed by atoms with Crippen LogP contribution in [0, 0.1) is 0 Å². The van der Waals surface area contributed by atoms with Crippen molar-refractivity contribution in [2.24, 2.45) is 0 Å². The Balaban J connectivity index is 0.000000190. The van der Waals surface area contributed by atoms with Crippen molar-refractivity contribution in [3.63, 3.8) is 0 Å². The second-order valence-corrected chi connectivity index (χ2v) is 18.7. The van der Waals surface area contributed by atoms with Crippen molar-refractivity contribution in [2.75, 3.05) is 16.0 Å². The molecule has 2 aliphatic heterocycles. The second-order valence-electron chi connectivity index (χ2n) is 14.2. The molecular weight excluding hydrogens is 1090 g/mol. The number of aliphatic hydroxyl groups is 2. The molecule has 2 heterocycles. The third-order valence-corrected chi connectivity index (χ3v) is 11.9. The molecule has 6 aromatic rings. The Kier molecular flexibility index (Phi) is 15.7. The summed E-state index contributed by atoms with van der Waals surface area (Å²) in [4.78, 5) is 50.0. The zero-order valence-corrected chi connectivity index (χ0v) is 39.5. The lowest BCUT2D eigenvalue weighted by molar-refractivity contribution is -0.126. The Hall–Kier alpha value is -4.89. The predicted octanol–water partition coefficient (Wildman–Crippen LogP) is 9.46. The Morgan fingerprint density at radius 2 is 0.921 bits per heavy atom. The van der Waals surface area contributed by atoms with Gasteiger partial charge >= 0.3 is 10.4 Å². The van der Waals surface area contributed by atoms with Gasteiger partial charge in [0.1, 0.15) is 6.10 Å². The van der Waals surface area contributed by atoms with Gasteiger partial charge in [-0.1, -0.05) is 124 Å². The summed E-state index contributed by atoms with van der Waals surface area (Å²) in [6, 6.07) is 39.8. The minimum Gasteiger partial charge on any atom is -0.381 e. The van der Waals surface area contributed by atoms with E-state index in [1.165, 1.54) is 0 Å². The summed E-state index contributed by atoms with van der Waals surface area (Å²) < 4.78 is 35.2. The van der Waals surface area contributed by atoms with Gasteiger partial charge in [0.05, 0.1) is 11.8 Å². The van der Waals surface area contributed by atoms with Gasteiger partial charge in [0.15, 0.2) is 11.9 Å². The van der Waals surface area contributed by atoms with Crippen LogP contribution in [0.15, 0.2) is 151 Å². The summed E-state index contributed by atoms with van der Waals surface area (Å²) >= 11 is 13.5. The number of Topliss-reactive ketones (excluding diaryl/α,β-unsaturated/α-hetero) is 1. The highest BCUT2D eigenvalue weighted by Crippen LogP contribution is 2.46. The molecule has 0 aromatic heterocycles. The average Bonchev–Trinajstić information content (AvgIpc) is 3.74. The largest absolute Gasteiger partial charge is 0.394 e. The van der Waals surface area contributed by atoms with E-state index >= 15 is 0 Å². The van der Waals surface area contributed by atoms with E-state index in [0.29, 0.717) is 22.4 Å². The summed E-state index contributed by atoms with van der Waals surface area (Å²) in [5.41, 5.74) is 7.41. The Bertz CT molecular complexity index is 2570. The van der Waals surface area contributed by atoms with Gasteiger partial charge in [-0.2, -0.15) is 8.42 Å². The van der Waals surface area contributed by atoms with E-state index in [2.05, 4.69) is 79.7 Å². The molecule has 2 aliphatic rings. The molecule has 0 radical (unpaired) electrons. The van der Waals surface area contributed by atoms with Crippen molar-refractivity contribution in [2.45, 2.75) is 30.5 Å². The number of benzene rings is 6. The summed E-state index contributed by atoms with van der Waals surface area (Å²) in [6.07, 6.45) is -2.42. The standard InChI is InChI=1S/C23H19Br2NO4.C22H14Br2N2O2.H2O4S/c24-17-7-3-15(4-8-17)21(28)20(27)13-14-1-11-19(12-2-14)26-23(30)22(29)16-5-9-18(25)10-6-16;23-13-5-1-11(2-6-13)19-15-9-18-16(10-17(15)25-21(19)27)20(22(28)26-18)12-3-7-14(24)8-4-12;1-5(2,3)4/h1-12,21-22,28-29H,13H2,(H,26,30);1-10,19-20H,(H,25,27)(H,26,28);(H2,1,2,3,4). The molecule has 324 valence electrons. The van der Waals surface area contributed by atoms with Crippen LogP contribution in [0.3, 0.4) is 0 Å². The first kappa shape index (κ1) is 47.6. The van der Waals surface area contributed by atoms with E-state index in [4.69, 9.17) is 17.5 Å². The molecule has 4 unspecified atom stereocenters. The third kappa shape index (κ3) is 12.6. The summed E-state index contributed by atoms with van der Waals surface area (Å²) in [5, 5.41) is 29.1. The lowest BCUT2D eigenvalue weighted by Crippen LogP contribution is -2.20. The molecule has 13 nitrogen and oxygen atoms in total. The van der Waals surface area contributed by atoms with E-state index < -0.39 is 28.5 Å². The number of hydrogen-bond donors (Lipinski definition) is 7. The zero-order chi connectivity index (χ0) is 45.6. The number of anilines is 3. The van der Waals surface area contributed by atoms with E-state index in [0.717, 1.165) is 51.5 Å². The molecule has 6 aromatic carbocycles. The Labute approximate surface area is 395 Å². The normalized spacial score (nSPS) is 15.8. The van der Waals surface area contributed by atoms with Gasteiger partial charge in [0.25, 0.3) is 5.91 Å². The molecule has 0 saturated carbocycles. The van der Waals surface area contributed by atoms with Crippen molar-refractivity contribution in [3.05, 3.63) is 190 Å². The van der Waals surface area contributed by atoms with Gasteiger partial charge < -0.3 is 26.2 Å². The van der Waals surface area contributed by atoms with Crippen molar-refractivity contribution in [3.8, 4) is 0 Å². The first-order valence-electron chi connectivity index (χ1n) is 18.6. The molecule has 0 spiro atoms. The molecule has 3 amide bonds. The maximum Gasteiger partial charge on any atom is 0.394 e. The fraction of sp³-hybridized carbons (Fsp3) is 0.111. The van der Waals surface area contributed by atoms with Crippen molar-refractivity contribution >= 4 is 115 Å². The van der Waals surface area contributed by atoms with Gasteiger partial charge in [0.2, 0.25) is 11.8 Å². The second kappa shape index (κ2) is 20.7. The van der Waals surface area contributed by atoms with E-state index in [-0.39, 0.29) is 35.9 Å². The lowest BCUT2D eigenvalue weighted by atomic mass is 9.88. The number of aliphatic hydroxyl groups excluding tert-OH is 2. The number of ketones is 1. The first-order valence-corrected chi connectivity index (χ1v) is 23.2. The number of carbonyl (C=O) groups is 4. The molecule has 18 heteroatoms. The van der Waals surface area contributed by atoms with Gasteiger partial charge in [-0.25, -0.2) is 0 Å². The van der Waals surface area contributed by atoms with Crippen LogP contribution in [0.25, 0.3) is 0 Å². The molecule has 4 atom stereocenters. The van der Waals surface area contributed by atoms with Crippen LogP contribution in [0.2, 0.25) is 0 Å². The molecular formula is C45H35Br4N3O10S. The number of fused-ring (bicyclic) bond motifs is 2. The van der Waals surface area contributed by atoms with Crippen molar-refractivity contribution in [1.82, 2.24) is 0 Å². The molecule has 8 rings (SSSR count). The van der Waals surface area contributed by atoms with Crippen LogP contribution < -0.4 is 16.0 Å². The van der Waals surface area contributed by atoms with Gasteiger partial charge in [-0.05, 0) is 112 Å². The molecule has 63 heavy (non-hydrogen) atoms. The minimum atomic E-state index is -4.67. The number of rotatable bonds is 9. The van der Waals surface area contributed by atoms with Crippen molar-refractivity contribution < 1.29 is 46.9 Å². The molecule has 0 saturated heterocycles.